The van der Waals surface area contributed by atoms with Crippen molar-refractivity contribution in [3.8, 4) is 6.07 Å². The number of anilines is 4. The summed E-state index contributed by atoms with van der Waals surface area (Å²) in [5.41, 5.74) is 0.170. The van der Waals surface area contributed by atoms with Gasteiger partial charge in [-0.3, -0.25) is 0 Å². The highest BCUT2D eigenvalue weighted by molar-refractivity contribution is 5.67. The van der Waals surface area contributed by atoms with E-state index in [0.29, 0.717) is 26.3 Å². The first-order chi connectivity index (χ1) is 16.4. The Kier molecular flexibility index (Phi) is 6.93. The van der Waals surface area contributed by atoms with Crippen LogP contribution in [-0.4, -0.2) is 59.6 Å². The van der Waals surface area contributed by atoms with Crippen molar-refractivity contribution in [2.75, 3.05) is 41.8 Å². The number of carbonyl (C=O) groups is 1. The van der Waals surface area contributed by atoms with Crippen molar-refractivity contribution in [2.24, 2.45) is 5.92 Å². The zero-order chi connectivity index (χ0) is 24.2. The van der Waals surface area contributed by atoms with E-state index in [2.05, 4.69) is 25.9 Å². The van der Waals surface area contributed by atoms with E-state index in [1.807, 2.05) is 6.07 Å². The third-order valence-corrected chi connectivity index (χ3v) is 5.81. The molecule has 0 radical (unpaired) electrons. The number of morpholine rings is 1. The summed E-state index contributed by atoms with van der Waals surface area (Å²) >= 11 is 0. The van der Waals surface area contributed by atoms with Crippen LogP contribution in [0.15, 0.2) is 18.3 Å². The molecule has 0 bridgehead atoms. The van der Waals surface area contributed by atoms with E-state index in [4.69, 9.17) is 9.84 Å². The molecular formula is C22H25F2N7O3. The predicted molar refractivity (Wildman–Crippen MR) is 120 cm³/mol. The predicted octanol–water partition coefficient (Wildman–Crippen LogP) is 3.05. The van der Waals surface area contributed by atoms with Gasteiger partial charge >= 0.3 is 6.09 Å². The van der Waals surface area contributed by atoms with Crippen molar-refractivity contribution >= 4 is 29.2 Å². The molecule has 1 aliphatic heterocycles. The molecule has 4 N–H and O–H groups in total. The number of nitrogens with one attached hydrogen (secondary N) is 3. The van der Waals surface area contributed by atoms with Crippen molar-refractivity contribution in [2.45, 2.75) is 31.8 Å². The first kappa shape index (κ1) is 23.4. The highest BCUT2D eigenvalue weighted by atomic mass is 19.1. The van der Waals surface area contributed by atoms with Crippen LogP contribution in [0, 0.1) is 28.9 Å². The monoisotopic (exact) mass is 473 g/mol. The number of nitriles is 1. The Hall–Kier alpha value is -3.72. The standard InChI is InChI=1S/C22H25F2N7O3/c1-12(18(13-2-3-13)29-22(32)33)27-20-16(23)8-14(10-25)19(30-20)28-15-9-17(24)21(26-11-15)31-4-6-34-7-5-31/h8-9,11-13,18,29H,2-7H2,1H3,(H,32,33)(H2,27,28,30)/t12-,18-/m1/s1. The van der Waals surface area contributed by atoms with Gasteiger partial charge in [-0.25, -0.2) is 23.5 Å². The average Bonchev–Trinajstić information content (AvgIpc) is 3.65. The summed E-state index contributed by atoms with van der Waals surface area (Å²) in [6.45, 7) is 3.77. The Labute approximate surface area is 194 Å². The highest BCUT2D eigenvalue weighted by Gasteiger charge is 2.36. The number of nitrogens with zero attached hydrogens (tertiary/aromatic N) is 4. The van der Waals surface area contributed by atoms with Gasteiger partial charge in [0.1, 0.15) is 6.07 Å². The quantitative estimate of drug-likeness (QED) is 0.456. The lowest BCUT2D eigenvalue weighted by Crippen LogP contribution is -2.46. The largest absolute Gasteiger partial charge is 0.465 e. The molecule has 1 aliphatic carbocycles. The number of amides is 1. The molecule has 34 heavy (non-hydrogen) atoms. The van der Waals surface area contributed by atoms with E-state index < -0.39 is 29.8 Å². The van der Waals surface area contributed by atoms with Crippen LogP contribution >= 0.6 is 0 Å². The van der Waals surface area contributed by atoms with E-state index in [0.717, 1.165) is 18.9 Å². The first-order valence-electron chi connectivity index (χ1n) is 11.0. The molecule has 12 heteroatoms. The van der Waals surface area contributed by atoms with Crippen LogP contribution in [0.2, 0.25) is 0 Å². The van der Waals surface area contributed by atoms with Crippen LogP contribution in [0.25, 0.3) is 0 Å². The van der Waals surface area contributed by atoms with Crippen LogP contribution in [-0.2, 0) is 4.74 Å². The summed E-state index contributed by atoms with van der Waals surface area (Å²) in [6, 6.07) is 3.25. The number of aromatic nitrogens is 2. The van der Waals surface area contributed by atoms with E-state index >= 15 is 0 Å². The van der Waals surface area contributed by atoms with Gasteiger partial charge in [-0.05, 0) is 31.7 Å². The van der Waals surface area contributed by atoms with E-state index in [9.17, 15) is 18.8 Å². The van der Waals surface area contributed by atoms with Gasteiger partial charge in [0.15, 0.2) is 29.1 Å². The lowest BCUT2D eigenvalue weighted by molar-refractivity contribution is 0.122. The van der Waals surface area contributed by atoms with Gasteiger partial charge in [-0.1, -0.05) is 0 Å². The average molecular weight is 473 g/mol. The number of hydrogen-bond acceptors (Lipinski definition) is 8. The van der Waals surface area contributed by atoms with Crippen molar-refractivity contribution in [1.29, 1.82) is 5.26 Å². The van der Waals surface area contributed by atoms with Crippen LogP contribution < -0.4 is 20.9 Å². The third kappa shape index (κ3) is 5.43. The summed E-state index contributed by atoms with van der Waals surface area (Å²) in [5.74, 6) is -1.07. The maximum absolute atomic E-state index is 14.7. The van der Waals surface area contributed by atoms with Gasteiger partial charge in [-0.15, -0.1) is 0 Å². The van der Waals surface area contributed by atoms with Gasteiger partial charge in [-0.2, -0.15) is 5.26 Å². The molecule has 1 saturated carbocycles. The molecule has 2 aromatic rings. The van der Waals surface area contributed by atoms with Crippen LogP contribution in [0.1, 0.15) is 25.3 Å². The molecular weight excluding hydrogens is 448 g/mol. The molecule has 2 fully saturated rings. The lowest BCUT2D eigenvalue weighted by Gasteiger charge is -2.28. The second kappa shape index (κ2) is 10.0. The van der Waals surface area contributed by atoms with Crippen LogP contribution in [0.5, 0.6) is 0 Å². The van der Waals surface area contributed by atoms with Gasteiger partial charge in [0.25, 0.3) is 0 Å². The minimum atomic E-state index is -1.16. The van der Waals surface area contributed by atoms with Crippen LogP contribution in [0.3, 0.4) is 0 Å². The SMILES string of the molecule is C[C@@H](Nc1nc(Nc2cnc(N3CCOCC3)c(F)c2)c(C#N)cc1F)[C@@H](NC(=O)O)C1CC1. The van der Waals surface area contributed by atoms with Gasteiger partial charge < -0.3 is 30.7 Å². The molecule has 4 rings (SSSR count). The molecule has 2 aliphatic rings. The maximum atomic E-state index is 14.7. The fourth-order valence-electron chi connectivity index (χ4n) is 3.97. The molecule has 1 saturated heterocycles. The Morgan fingerprint density at radius 1 is 1.26 bits per heavy atom. The van der Waals surface area contributed by atoms with E-state index in [-0.39, 0.29) is 34.6 Å². The Balaban J connectivity index is 1.54. The van der Waals surface area contributed by atoms with Gasteiger partial charge in [0.05, 0.1) is 36.7 Å². The lowest BCUT2D eigenvalue weighted by atomic mass is 10.1. The fraction of sp³-hybridized carbons (Fsp3) is 0.455. The van der Waals surface area contributed by atoms with Crippen molar-refractivity contribution < 1.29 is 23.4 Å². The van der Waals surface area contributed by atoms with Crippen molar-refractivity contribution in [3.63, 3.8) is 0 Å². The summed E-state index contributed by atoms with van der Waals surface area (Å²) in [4.78, 5) is 21.3. The van der Waals surface area contributed by atoms with Crippen molar-refractivity contribution in [1.82, 2.24) is 15.3 Å². The fourth-order valence-corrected chi connectivity index (χ4v) is 3.97. The van der Waals surface area contributed by atoms with Crippen molar-refractivity contribution in [3.05, 3.63) is 35.5 Å². The molecule has 0 unspecified atom stereocenters. The number of halogens is 2. The number of hydrogen-bond donors (Lipinski definition) is 4. The zero-order valence-electron chi connectivity index (χ0n) is 18.5. The molecule has 1 amide bonds. The van der Waals surface area contributed by atoms with E-state index in [1.54, 1.807) is 11.8 Å². The third-order valence-electron chi connectivity index (χ3n) is 5.81. The number of pyridine rings is 2. The maximum Gasteiger partial charge on any atom is 0.404 e. The molecule has 3 heterocycles. The minimum absolute atomic E-state index is 0.0214. The summed E-state index contributed by atoms with van der Waals surface area (Å²) in [6.07, 6.45) is 2.02. The normalized spacial score (nSPS) is 17.4. The summed E-state index contributed by atoms with van der Waals surface area (Å²) in [7, 11) is 0. The number of ether oxygens (including phenoxy) is 1. The molecule has 0 spiro atoms. The summed E-state index contributed by atoms with van der Waals surface area (Å²) < 4.78 is 34.6. The topological polar surface area (TPSA) is 135 Å². The highest BCUT2D eigenvalue weighted by Crippen LogP contribution is 2.35. The smallest absolute Gasteiger partial charge is 0.404 e. The minimum Gasteiger partial charge on any atom is -0.465 e. The molecule has 180 valence electrons. The Morgan fingerprint density at radius 3 is 2.62 bits per heavy atom. The van der Waals surface area contributed by atoms with Gasteiger partial charge in [0, 0.05) is 25.2 Å². The number of carboxylic acid groups (broad SMARTS) is 1. The molecule has 0 aromatic carbocycles. The van der Waals surface area contributed by atoms with Gasteiger partial charge in [0.2, 0.25) is 0 Å². The second-order valence-electron chi connectivity index (χ2n) is 8.33. The Bertz CT molecular complexity index is 1100. The molecule has 2 atom stereocenters. The van der Waals surface area contributed by atoms with Crippen LogP contribution in [0.4, 0.5) is 36.7 Å². The first-order valence-corrected chi connectivity index (χ1v) is 11.0. The van der Waals surface area contributed by atoms with E-state index in [1.165, 1.54) is 12.3 Å². The molecule has 10 nitrogen and oxygen atoms in total. The molecule has 2 aromatic heterocycles. The number of rotatable bonds is 8. The summed E-state index contributed by atoms with van der Waals surface area (Å²) in [5, 5.41) is 26.8. The Morgan fingerprint density at radius 2 is 2.00 bits per heavy atom. The zero-order valence-corrected chi connectivity index (χ0v) is 18.5. The second-order valence-corrected chi connectivity index (χ2v) is 8.33.